The summed E-state index contributed by atoms with van der Waals surface area (Å²) in [5.74, 6) is 13.3. The summed E-state index contributed by atoms with van der Waals surface area (Å²) in [6, 6.07) is 24.6. The molecular formula is C29H24S2. The van der Waals surface area contributed by atoms with Crippen molar-refractivity contribution in [3.8, 4) is 35.4 Å². The predicted octanol–water partition coefficient (Wildman–Crippen LogP) is 7.85. The van der Waals surface area contributed by atoms with Crippen molar-refractivity contribution >= 4 is 23.5 Å². The van der Waals surface area contributed by atoms with Gasteiger partial charge in [-0.05, 0) is 59.8 Å². The summed E-state index contributed by atoms with van der Waals surface area (Å²) < 4.78 is 0. The second-order valence-electron chi connectivity index (χ2n) is 6.82. The van der Waals surface area contributed by atoms with E-state index >= 15 is 0 Å². The molecule has 0 N–H and O–H groups in total. The lowest BCUT2D eigenvalue weighted by atomic mass is 10.2. The summed E-state index contributed by atoms with van der Waals surface area (Å²) in [6.07, 6.45) is 10.0. The van der Waals surface area contributed by atoms with Crippen molar-refractivity contribution in [1.82, 2.24) is 0 Å². The standard InChI is InChI=1S/C29H24S2/c1-3-5-6-7-8-15-24-16-10-13-20-28(24)31-29-21-14-11-18-26(29)23-22-25-17-9-12-19-27(25)30-4-2/h2,9-14,16-21H,3,5-7H2,1H3. The van der Waals surface area contributed by atoms with Crippen LogP contribution in [-0.2, 0) is 0 Å². The molecule has 2 heteroatoms. The molecule has 0 saturated carbocycles. The Labute approximate surface area is 195 Å². The van der Waals surface area contributed by atoms with Crippen molar-refractivity contribution in [2.24, 2.45) is 0 Å². The first kappa shape index (κ1) is 22.7. The zero-order chi connectivity index (χ0) is 21.7. The van der Waals surface area contributed by atoms with E-state index < -0.39 is 0 Å². The molecule has 3 aromatic carbocycles. The third-order valence-electron chi connectivity index (χ3n) is 4.51. The minimum absolute atomic E-state index is 0.948. The molecule has 0 bridgehead atoms. The third kappa shape index (κ3) is 7.05. The van der Waals surface area contributed by atoms with E-state index in [9.17, 15) is 0 Å². The Morgan fingerprint density at radius 3 is 1.77 bits per heavy atom. The van der Waals surface area contributed by atoms with Crippen LogP contribution in [0.15, 0.2) is 87.5 Å². The third-order valence-corrected chi connectivity index (χ3v) is 6.36. The van der Waals surface area contributed by atoms with Crippen LogP contribution in [0.25, 0.3) is 0 Å². The first-order valence-electron chi connectivity index (χ1n) is 10.4. The van der Waals surface area contributed by atoms with Crippen molar-refractivity contribution < 1.29 is 0 Å². The molecule has 0 fully saturated rings. The molecule has 0 unspecified atom stereocenters. The van der Waals surface area contributed by atoms with Gasteiger partial charge in [0, 0.05) is 37.8 Å². The minimum atomic E-state index is 0.948. The van der Waals surface area contributed by atoms with E-state index in [1.807, 2.05) is 36.4 Å². The van der Waals surface area contributed by atoms with Crippen LogP contribution < -0.4 is 0 Å². The Bertz CT molecular complexity index is 1180. The lowest BCUT2D eigenvalue weighted by Gasteiger charge is -2.07. The van der Waals surface area contributed by atoms with Gasteiger partial charge in [-0.1, -0.05) is 91.6 Å². The molecule has 0 spiro atoms. The van der Waals surface area contributed by atoms with E-state index in [2.05, 4.69) is 72.3 Å². The van der Waals surface area contributed by atoms with Gasteiger partial charge in [0.05, 0.1) is 0 Å². The molecule has 0 saturated heterocycles. The van der Waals surface area contributed by atoms with Gasteiger partial charge in [-0.15, -0.1) is 6.42 Å². The number of hydrogen-bond acceptors (Lipinski definition) is 2. The summed E-state index contributed by atoms with van der Waals surface area (Å²) in [4.78, 5) is 3.28. The first-order chi connectivity index (χ1) is 15.3. The van der Waals surface area contributed by atoms with Gasteiger partial charge >= 0.3 is 0 Å². The number of unbranched alkanes of at least 4 members (excludes halogenated alkanes) is 3. The SMILES string of the molecule is C#CSc1ccccc1C#Cc1ccccc1Sc1ccccc1C#CCCCCC. The summed E-state index contributed by atoms with van der Waals surface area (Å²) in [5, 5.41) is 2.63. The smallest absolute Gasteiger partial charge is 0.0394 e. The summed E-state index contributed by atoms with van der Waals surface area (Å²) >= 11 is 3.08. The Morgan fingerprint density at radius 2 is 1.19 bits per heavy atom. The van der Waals surface area contributed by atoms with E-state index in [-0.39, 0.29) is 0 Å². The molecule has 3 aromatic rings. The van der Waals surface area contributed by atoms with Crippen LogP contribution in [0.3, 0.4) is 0 Å². The van der Waals surface area contributed by atoms with Crippen LogP contribution in [0.5, 0.6) is 0 Å². The van der Waals surface area contributed by atoms with E-state index in [0.29, 0.717) is 0 Å². The Balaban J connectivity index is 1.85. The Morgan fingerprint density at radius 1 is 0.677 bits per heavy atom. The average Bonchev–Trinajstić information content (AvgIpc) is 2.80. The summed E-state index contributed by atoms with van der Waals surface area (Å²) in [5.41, 5.74) is 3.02. The van der Waals surface area contributed by atoms with Gasteiger partial charge in [-0.25, -0.2) is 0 Å². The molecule has 0 amide bonds. The van der Waals surface area contributed by atoms with Crippen molar-refractivity contribution in [1.29, 1.82) is 0 Å². The van der Waals surface area contributed by atoms with Crippen LogP contribution in [0.4, 0.5) is 0 Å². The lowest BCUT2D eigenvalue weighted by molar-refractivity contribution is 0.737. The Kier molecular flexibility index (Phi) is 9.29. The minimum Gasteiger partial charge on any atom is -0.108 e. The fourth-order valence-electron chi connectivity index (χ4n) is 2.91. The molecule has 152 valence electrons. The fraction of sp³-hybridized carbons (Fsp3) is 0.172. The van der Waals surface area contributed by atoms with Gasteiger partial charge in [0.15, 0.2) is 0 Å². The zero-order valence-electron chi connectivity index (χ0n) is 17.7. The molecule has 31 heavy (non-hydrogen) atoms. The van der Waals surface area contributed by atoms with Crippen molar-refractivity contribution in [2.75, 3.05) is 0 Å². The second kappa shape index (κ2) is 12.7. The number of rotatable bonds is 6. The van der Waals surface area contributed by atoms with Crippen LogP contribution in [0.1, 0.15) is 49.3 Å². The molecule has 0 heterocycles. The largest absolute Gasteiger partial charge is 0.108 e. The van der Waals surface area contributed by atoms with Gasteiger partial charge < -0.3 is 0 Å². The summed E-state index contributed by atoms with van der Waals surface area (Å²) in [6.45, 7) is 2.21. The van der Waals surface area contributed by atoms with Crippen LogP contribution in [0, 0.1) is 35.4 Å². The molecule has 0 aliphatic heterocycles. The van der Waals surface area contributed by atoms with Crippen molar-refractivity contribution in [2.45, 2.75) is 47.3 Å². The molecule has 0 aromatic heterocycles. The van der Waals surface area contributed by atoms with Gasteiger partial charge in [-0.3, -0.25) is 0 Å². The number of benzene rings is 3. The van der Waals surface area contributed by atoms with E-state index in [4.69, 9.17) is 6.42 Å². The second-order valence-corrected chi connectivity index (χ2v) is 8.78. The first-order valence-corrected chi connectivity index (χ1v) is 12.0. The molecule has 0 nitrogen and oxygen atoms in total. The van der Waals surface area contributed by atoms with Gasteiger partial charge in [-0.2, -0.15) is 0 Å². The molecule has 3 rings (SSSR count). The normalized spacial score (nSPS) is 9.68. The maximum absolute atomic E-state index is 5.47. The number of hydrogen-bond donors (Lipinski definition) is 0. The zero-order valence-corrected chi connectivity index (χ0v) is 19.3. The van der Waals surface area contributed by atoms with E-state index in [1.165, 1.54) is 24.6 Å². The monoisotopic (exact) mass is 436 g/mol. The van der Waals surface area contributed by atoms with E-state index in [0.717, 1.165) is 44.2 Å². The average molecular weight is 437 g/mol. The number of thioether (sulfide) groups is 1. The topological polar surface area (TPSA) is 0 Å². The predicted molar refractivity (Wildman–Crippen MR) is 135 cm³/mol. The quantitative estimate of drug-likeness (QED) is 0.219. The maximum Gasteiger partial charge on any atom is 0.0394 e. The molecule has 0 aliphatic rings. The van der Waals surface area contributed by atoms with Gasteiger partial charge in [0.1, 0.15) is 0 Å². The molecule has 0 aliphatic carbocycles. The van der Waals surface area contributed by atoms with Crippen molar-refractivity contribution in [3.05, 3.63) is 89.5 Å². The molecule has 0 radical (unpaired) electrons. The number of terminal acetylenes is 1. The molecular weight excluding hydrogens is 412 g/mol. The maximum atomic E-state index is 5.47. The van der Waals surface area contributed by atoms with Crippen LogP contribution >= 0.6 is 23.5 Å². The lowest BCUT2D eigenvalue weighted by Crippen LogP contribution is -1.85. The highest BCUT2D eigenvalue weighted by molar-refractivity contribution is 8.04. The highest BCUT2D eigenvalue weighted by atomic mass is 32.2. The van der Waals surface area contributed by atoms with Crippen LogP contribution in [-0.4, -0.2) is 0 Å². The highest BCUT2D eigenvalue weighted by Gasteiger charge is 2.06. The van der Waals surface area contributed by atoms with Crippen molar-refractivity contribution in [3.63, 3.8) is 0 Å². The fourth-order valence-corrected chi connectivity index (χ4v) is 4.41. The van der Waals surface area contributed by atoms with E-state index in [1.54, 1.807) is 11.8 Å². The highest BCUT2D eigenvalue weighted by Crippen LogP contribution is 2.32. The van der Waals surface area contributed by atoms with Crippen LogP contribution in [0.2, 0.25) is 0 Å². The Hall–Kier alpha value is -2.96. The summed E-state index contributed by atoms with van der Waals surface area (Å²) in [7, 11) is 0. The molecule has 0 atom stereocenters. The van der Waals surface area contributed by atoms with Gasteiger partial charge in [0.2, 0.25) is 0 Å². The van der Waals surface area contributed by atoms with Gasteiger partial charge in [0.25, 0.3) is 0 Å².